The van der Waals surface area contributed by atoms with Gasteiger partial charge in [-0.3, -0.25) is 4.79 Å². The van der Waals surface area contributed by atoms with Crippen molar-refractivity contribution in [1.82, 2.24) is 0 Å². The van der Waals surface area contributed by atoms with Crippen LogP contribution in [-0.4, -0.2) is 10.8 Å². The number of rotatable bonds is 3. The van der Waals surface area contributed by atoms with E-state index in [9.17, 15) is 4.79 Å². The molecule has 1 aromatic rings. The minimum absolute atomic E-state index is 0.495. The highest BCUT2D eigenvalue weighted by atomic mass is 35.5. The molecule has 0 N–H and O–H groups in total. The van der Waals surface area contributed by atoms with Gasteiger partial charge in [0.25, 0.3) is 5.24 Å². The first-order valence-electron chi connectivity index (χ1n) is 5.21. The Morgan fingerprint density at radius 3 is 2.12 bits per heavy atom. The van der Waals surface area contributed by atoms with Crippen molar-refractivity contribution in [2.75, 3.05) is 0 Å². The number of halogens is 1. The van der Waals surface area contributed by atoms with Crippen LogP contribution in [0.15, 0.2) is 12.1 Å². The lowest BCUT2D eigenvalue weighted by atomic mass is 10.1. The van der Waals surface area contributed by atoms with Crippen LogP contribution in [0.25, 0.3) is 0 Å². The smallest absolute Gasteiger partial charge is 0.264 e. The van der Waals surface area contributed by atoms with Crippen molar-refractivity contribution in [3.8, 4) is 5.75 Å². The zero-order chi connectivity index (χ0) is 12.5. The summed E-state index contributed by atoms with van der Waals surface area (Å²) in [5, 5.41) is -0.495. The number of benzene rings is 1. The number of carbonyl (C=O) groups is 1. The van der Waals surface area contributed by atoms with Gasteiger partial charge in [0.1, 0.15) is 5.75 Å². The summed E-state index contributed by atoms with van der Waals surface area (Å²) in [4.78, 5) is 11.2. The normalized spacial score (nSPS) is 11.4. The van der Waals surface area contributed by atoms with Crippen LogP contribution >= 0.6 is 11.6 Å². The first-order valence-corrected chi connectivity index (χ1v) is 5.58. The largest absolute Gasteiger partial charge is 0.478 e. The molecule has 0 saturated heterocycles. The van der Waals surface area contributed by atoms with Crippen molar-refractivity contribution in [3.63, 3.8) is 0 Å². The third-order valence-corrected chi connectivity index (χ3v) is 3.08. The summed E-state index contributed by atoms with van der Waals surface area (Å²) in [6.45, 7) is 9.34. The second kappa shape index (κ2) is 4.46. The van der Waals surface area contributed by atoms with Gasteiger partial charge in [0, 0.05) is 0 Å². The molecule has 0 atom stereocenters. The van der Waals surface area contributed by atoms with Gasteiger partial charge in [-0.1, -0.05) is 6.07 Å². The van der Waals surface area contributed by atoms with Crippen molar-refractivity contribution in [2.45, 2.75) is 40.2 Å². The van der Waals surface area contributed by atoms with E-state index in [0.29, 0.717) is 5.75 Å². The van der Waals surface area contributed by atoms with E-state index in [2.05, 4.69) is 0 Å². The number of hydrogen-bond acceptors (Lipinski definition) is 2. The predicted octanol–water partition coefficient (Wildman–Crippen LogP) is 3.53. The highest BCUT2D eigenvalue weighted by molar-refractivity contribution is 6.65. The van der Waals surface area contributed by atoms with Gasteiger partial charge in [-0.15, -0.1) is 0 Å². The van der Waals surface area contributed by atoms with Crippen LogP contribution in [0.2, 0.25) is 0 Å². The quantitative estimate of drug-likeness (QED) is 0.756. The van der Waals surface area contributed by atoms with Crippen LogP contribution in [0, 0.1) is 20.8 Å². The minimum atomic E-state index is -0.992. The van der Waals surface area contributed by atoms with E-state index in [1.165, 1.54) is 5.56 Å². The standard InChI is InChI=1S/C13H17ClO2/c1-8-6-10(3)11(7-9(8)2)16-13(4,5)12(14)15/h6-7H,1-5H3. The molecule has 2 nitrogen and oxygen atoms in total. The van der Waals surface area contributed by atoms with Gasteiger partial charge < -0.3 is 4.74 Å². The number of carbonyl (C=O) groups excluding carboxylic acids is 1. The summed E-state index contributed by atoms with van der Waals surface area (Å²) in [6.07, 6.45) is 0. The first-order chi connectivity index (χ1) is 7.24. The van der Waals surface area contributed by atoms with E-state index in [1.807, 2.05) is 32.9 Å². The zero-order valence-electron chi connectivity index (χ0n) is 10.3. The fourth-order valence-electron chi connectivity index (χ4n) is 1.36. The third-order valence-electron chi connectivity index (χ3n) is 2.63. The van der Waals surface area contributed by atoms with Gasteiger partial charge >= 0.3 is 0 Å². The van der Waals surface area contributed by atoms with E-state index < -0.39 is 10.8 Å². The highest BCUT2D eigenvalue weighted by Gasteiger charge is 2.28. The molecule has 0 aromatic heterocycles. The molecule has 3 heteroatoms. The Morgan fingerprint density at radius 2 is 1.62 bits per heavy atom. The summed E-state index contributed by atoms with van der Waals surface area (Å²) in [5.41, 5.74) is 2.36. The molecule has 0 spiro atoms. The van der Waals surface area contributed by atoms with Crippen LogP contribution in [0.5, 0.6) is 5.75 Å². The maximum atomic E-state index is 11.2. The molecular weight excluding hydrogens is 224 g/mol. The van der Waals surface area contributed by atoms with E-state index in [1.54, 1.807) is 13.8 Å². The topological polar surface area (TPSA) is 26.3 Å². The summed E-state index contributed by atoms with van der Waals surface area (Å²) in [5.74, 6) is 0.710. The molecule has 0 fully saturated rings. The van der Waals surface area contributed by atoms with Crippen molar-refractivity contribution in [3.05, 3.63) is 28.8 Å². The maximum absolute atomic E-state index is 11.2. The molecule has 0 bridgehead atoms. The molecule has 0 heterocycles. The van der Waals surface area contributed by atoms with Gasteiger partial charge in [0.05, 0.1) is 0 Å². The number of hydrogen-bond donors (Lipinski definition) is 0. The predicted molar refractivity (Wildman–Crippen MR) is 66.2 cm³/mol. The Morgan fingerprint density at radius 1 is 1.12 bits per heavy atom. The lowest BCUT2D eigenvalue weighted by Gasteiger charge is -2.23. The fourth-order valence-corrected chi connectivity index (χ4v) is 1.40. The third kappa shape index (κ3) is 2.76. The van der Waals surface area contributed by atoms with Gasteiger partial charge in [0.2, 0.25) is 0 Å². The molecule has 0 aliphatic heterocycles. The summed E-state index contributed by atoms with van der Waals surface area (Å²) in [6, 6.07) is 3.98. The molecule has 0 aliphatic rings. The van der Waals surface area contributed by atoms with Crippen LogP contribution < -0.4 is 4.74 Å². The monoisotopic (exact) mass is 240 g/mol. The zero-order valence-corrected chi connectivity index (χ0v) is 11.1. The van der Waals surface area contributed by atoms with E-state index in [4.69, 9.17) is 16.3 Å². The van der Waals surface area contributed by atoms with Crippen molar-refractivity contribution in [1.29, 1.82) is 0 Å². The molecule has 1 aromatic carbocycles. The number of aryl methyl sites for hydroxylation is 3. The molecule has 16 heavy (non-hydrogen) atoms. The van der Waals surface area contributed by atoms with Gasteiger partial charge in [-0.05, 0) is 69.0 Å². The lowest BCUT2D eigenvalue weighted by molar-refractivity contribution is -0.123. The lowest BCUT2D eigenvalue weighted by Crippen LogP contribution is -2.35. The second-order valence-electron chi connectivity index (χ2n) is 4.59. The average Bonchev–Trinajstić information content (AvgIpc) is 2.13. The summed E-state index contributed by atoms with van der Waals surface area (Å²) >= 11 is 5.48. The molecule has 0 unspecified atom stereocenters. The molecular formula is C13H17ClO2. The maximum Gasteiger partial charge on any atom is 0.264 e. The summed E-state index contributed by atoms with van der Waals surface area (Å²) in [7, 11) is 0. The molecule has 0 aliphatic carbocycles. The average molecular weight is 241 g/mol. The van der Waals surface area contributed by atoms with E-state index >= 15 is 0 Å². The van der Waals surface area contributed by atoms with Gasteiger partial charge in [0.15, 0.2) is 5.60 Å². The van der Waals surface area contributed by atoms with Crippen molar-refractivity contribution >= 4 is 16.8 Å². The Bertz CT molecular complexity index is 422. The second-order valence-corrected chi connectivity index (χ2v) is 4.93. The summed E-state index contributed by atoms with van der Waals surface area (Å²) < 4.78 is 5.65. The Hall–Kier alpha value is -1.02. The van der Waals surface area contributed by atoms with Crippen LogP contribution in [0.1, 0.15) is 30.5 Å². The SMILES string of the molecule is Cc1cc(C)c(OC(C)(C)C(=O)Cl)cc1C. The molecule has 1 rings (SSSR count). The van der Waals surface area contributed by atoms with Crippen LogP contribution in [-0.2, 0) is 4.79 Å². The van der Waals surface area contributed by atoms with Gasteiger partial charge in [-0.25, -0.2) is 0 Å². The Labute approximate surface area is 102 Å². The minimum Gasteiger partial charge on any atom is -0.478 e. The van der Waals surface area contributed by atoms with Crippen LogP contribution in [0.3, 0.4) is 0 Å². The molecule has 0 amide bonds. The first kappa shape index (κ1) is 13.0. The molecule has 0 radical (unpaired) electrons. The fraction of sp³-hybridized carbons (Fsp3) is 0.462. The Balaban J connectivity index is 3.07. The number of ether oxygens (including phenoxy) is 1. The highest BCUT2D eigenvalue weighted by Crippen LogP contribution is 2.27. The van der Waals surface area contributed by atoms with Crippen molar-refractivity contribution < 1.29 is 9.53 Å². The molecule has 88 valence electrons. The molecule has 0 saturated carbocycles. The van der Waals surface area contributed by atoms with Crippen LogP contribution in [0.4, 0.5) is 0 Å². The van der Waals surface area contributed by atoms with Crippen molar-refractivity contribution in [2.24, 2.45) is 0 Å². The Kier molecular flexibility index (Phi) is 3.64. The van der Waals surface area contributed by atoms with E-state index in [-0.39, 0.29) is 0 Å². The van der Waals surface area contributed by atoms with E-state index in [0.717, 1.165) is 11.1 Å². The van der Waals surface area contributed by atoms with Gasteiger partial charge in [-0.2, -0.15) is 0 Å².